The normalized spacial score (nSPS) is 15.1. The molecule has 0 atom stereocenters. The molecule has 0 spiro atoms. The third-order valence-electron chi connectivity index (χ3n) is 4.01. The van der Waals surface area contributed by atoms with Crippen molar-refractivity contribution >= 4 is 40.0 Å². The SMILES string of the molecule is CN(C)C(=NCc1ccccc1CS(=O)(=O)N1CCOCC1)N(C)C.I. The zero-order chi connectivity index (χ0) is 18.4. The van der Waals surface area contributed by atoms with E-state index in [0.717, 1.165) is 17.1 Å². The van der Waals surface area contributed by atoms with Crippen molar-refractivity contribution in [1.29, 1.82) is 0 Å². The zero-order valence-electron chi connectivity index (χ0n) is 15.9. The molecule has 2 rings (SSSR count). The van der Waals surface area contributed by atoms with E-state index in [1.54, 1.807) is 0 Å². The van der Waals surface area contributed by atoms with Crippen molar-refractivity contribution in [2.45, 2.75) is 12.3 Å². The topological polar surface area (TPSA) is 65.5 Å². The van der Waals surface area contributed by atoms with Gasteiger partial charge in [0, 0.05) is 41.3 Å². The molecule has 1 aliphatic rings. The average molecular weight is 496 g/mol. The first kappa shape index (κ1) is 23.1. The van der Waals surface area contributed by atoms with Gasteiger partial charge < -0.3 is 14.5 Å². The molecule has 0 aromatic heterocycles. The lowest BCUT2D eigenvalue weighted by Crippen LogP contribution is -2.41. The molecule has 0 unspecified atom stereocenters. The Morgan fingerprint density at radius 2 is 1.62 bits per heavy atom. The predicted molar refractivity (Wildman–Crippen MR) is 115 cm³/mol. The standard InChI is InChI=1S/C17H28N4O3S.HI/c1-19(2)17(20(3)4)18-13-15-7-5-6-8-16(15)14-25(22,23)21-9-11-24-12-10-21;/h5-8H,9-14H2,1-4H3;1H. The number of hydrogen-bond acceptors (Lipinski definition) is 4. The van der Waals surface area contributed by atoms with Gasteiger partial charge in [-0.2, -0.15) is 4.31 Å². The van der Waals surface area contributed by atoms with Crippen LogP contribution >= 0.6 is 24.0 Å². The molecule has 0 bridgehead atoms. The van der Waals surface area contributed by atoms with Crippen molar-refractivity contribution in [1.82, 2.24) is 14.1 Å². The van der Waals surface area contributed by atoms with Gasteiger partial charge >= 0.3 is 0 Å². The number of rotatable bonds is 5. The van der Waals surface area contributed by atoms with E-state index in [2.05, 4.69) is 4.99 Å². The van der Waals surface area contributed by atoms with Gasteiger partial charge in [0.1, 0.15) is 0 Å². The number of ether oxygens (including phenoxy) is 1. The number of nitrogens with zero attached hydrogens (tertiary/aromatic N) is 4. The molecule has 0 radical (unpaired) electrons. The number of aliphatic imine (C=N–C) groups is 1. The van der Waals surface area contributed by atoms with Crippen molar-refractivity contribution in [3.05, 3.63) is 35.4 Å². The summed E-state index contributed by atoms with van der Waals surface area (Å²) in [6.07, 6.45) is 0. The summed E-state index contributed by atoms with van der Waals surface area (Å²) in [7, 11) is 4.41. The molecule has 1 aromatic carbocycles. The lowest BCUT2D eigenvalue weighted by Gasteiger charge is -2.26. The lowest BCUT2D eigenvalue weighted by molar-refractivity contribution is 0.0729. The predicted octanol–water partition coefficient (Wildman–Crippen LogP) is 1.45. The minimum Gasteiger partial charge on any atom is -0.379 e. The first-order valence-corrected chi connectivity index (χ1v) is 9.93. The van der Waals surface area contributed by atoms with Crippen LogP contribution in [-0.4, -0.2) is 83.0 Å². The minimum atomic E-state index is -3.35. The summed E-state index contributed by atoms with van der Waals surface area (Å²) in [5, 5.41) is 0. The fourth-order valence-corrected chi connectivity index (χ4v) is 4.37. The summed E-state index contributed by atoms with van der Waals surface area (Å²) in [6, 6.07) is 7.60. The van der Waals surface area contributed by atoms with E-state index in [1.165, 1.54) is 4.31 Å². The van der Waals surface area contributed by atoms with Gasteiger partial charge in [-0.3, -0.25) is 0 Å². The van der Waals surface area contributed by atoms with Crippen LogP contribution < -0.4 is 0 Å². The summed E-state index contributed by atoms with van der Waals surface area (Å²) in [5.74, 6) is 0.837. The first-order chi connectivity index (χ1) is 11.8. The molecule has 0 aliphatic carbocycles. The third kappa shape index (κ3) is 6.36. The second-order valence-corrected chi connectivity index (χ2v) is 8.41. The van der Waals surface area contributed by atoms with E-state index >= 15 is 0 Å². The maximum atomic E-state index is 12.7. The highest BCUT2D eigenvalue weighted by Gasteiger charge is 2.25. The Labute approximate surface area is 174 Å². The zero-order valence-corrected chi connectivity index (χ0v) is 19.0. The molecule has 26 heavy (non-hydrogen) atoms. The van der Waals surface area contributed by atoms with E-state index in [1.807, 2.05) is 62.3 Å². The first-order valence-electron chi connectivity index (χ1n) is 8.32. The Bertz CT molecular complexity index is 692. The van der Waals surface area contributed by atoms with Gasteiger partial charge in [0.25, 0.3) is 0 Å². The molecule has 0 saturated carbocycles. The van der Waals surface area contributed by atoms with Crippen LogP contribution in [0.1, 0.15) is 11.1 Å². The van der Waals surface area contributed by atoms with Crippen LogP contribution in [0.15, 0.2) is 29.3 Å². The maximum absolute atomic E-state index is 12.7. The number of sulfonamides is 1. The molecule has 1 saturated heterocycles. The Morgan fingerprint density at radius 3 is 2.15 bits per heavy atom. The number of hydrogen-bond donors (Lipinski definition) is 0. The molecule has 1 aliphatic heterocycles. The van der Waals surface area contributed by atoms with E-state index in [9.17, 15) is 8.42 Å². The van der Waals surface area contributed by atoms with Gasteiger partial charge in [-0.15, -0.1) is 24.0 Å². The molecule has 148 valence electrons. The third-order valence-corrected chi connectivity index (χ3v) is 5.84. The van der Waals surface area contributed by atoms with E-state index in [4.69, 9.17) is 4.74 Å². The molecule has 0 amide bonds. The van der Waals surface area contributed by atoms with Crippen molar-refractivity contribution in [2.24, 2.45) is 4.99 Å². The van der Waals surface area contributed by atoms with Crippen LogP contribution in [0.3, 0.4) is 0 Å². The largest absolute Gasteiger partial charge is 0.379 e. The highest BCUT2D eigenvalue weighted by atomic mass is 127. The minimum absolute atomic E-state index is 0. The molecular formula is C17H29IN4O3S. The molecule has 7 nitrogen and oxygen atoms in total. The van der Waals surface area contributed by atoms with Crippen LogP contribution in [-0.2, 0) is 27.1 Å². The van der Waals surface area contributed by atoms with Gasteiger partial charge in [-0.05, 0) is 11.1 Å². The van der Waals surface area contributed by atoms with Crippen molar-refractivity contribution < 1.29 is 13.2 Å². The lowest BCUT2D eigenvalue weighted by atomic mass is 10.1. The van der Waals surface area contributed by atoms with Crippen LogP contribution in [0, 0.1) is 0 Å². The maximum Gasteiger partial charge on any atom is 0.218 e. The summed E-state index contributed by atoms with van der Waals surface area (Å²) < 4.78 is 32.1. The van der Waals surface area contributed by atoms with Crippen molar-refractivity contribution in [3.8, 4) is 0 Å². The second-order valence-electron chi connectivity index (χ2n) is 6.44. The van der Waals surface area contributed by atoms with Crippen LogP contribution in [0.4, 0.5) is 0 Å². The van der Waals surface area contributed by atoms with Gasteiger partial charge in [0.05, 0.1) is 25.5 Å². The summed E-state index contributed by atoms with van der Waals surface area (Å²) in [4.78, 5) is 8.51. The smallest absolute Gasteiger partial charge is 0.218 e. The molecule has 9 heteroatoms. The molecule has 0 N–H and O–H groups in total. The van der Waals surface area contributed by atoms with Gasteiger partial charge in [0.15, 0.2) is 5.96 Å². The van der Waals surface area contributed by atoms with Crippen LogP contribution in [0.2, 0.25) is 0 Å². The van der Waals surface area contributed by atoms with E-state index < -0.39 is 10.0 Å². The molecular weight excluding hydrogens is 467 g/mol. The highest BCUT2D eigenvalue weighted by molar-refractivity contribution is 14.0. The number of morpholine rings is 1. The summed E-state index contributed by atoms with van der Waals surface area (Å²) in [5.41, 5.74) is 1.73. The molecule has 1 aromatic rings. The monoisotopic (exact) mass is 496 g/mol. The Kier molecular flexibility index (Phi) is 9.28. The van der Waals surface area contributed by atoms with E-state index in [0.29, 0.717) is 32.8 Å². The summed E-state index contributed by atoms with van der Waals surface area (Å²) in [6.45, 7) is 2.21. The second kappa shape index (κ2) is 10.4. The van der Waals surface area contributed by atoms with Gasteiger partial charge in [-0.25, -0.2) is 13.4 Å². The summed E-state index contributed by atoms with van der Waals surface area (Å²) >= 11 is 0. The van der Waals surface area contributed by atoms with Gasteiger partial charge in [-0.1, -0.05) is 24.3 Å². The van der Waals surface area contributed by atoms with Crippen molar-refractivity contribution in [2.75, 3.05) is 54.5 Å². The average Bonchev–Trinajstić information content (AvgIpc) is 2.56. The van der Waals surface area contributed by atoms with Gasteiger partial charge in [0.2, 0.25) is 10.0 Å². The quantitative estimate of drug-likeness (QED) is 0.351. The van der Waals surface area contributed by atoms with E-state index in [-0.39, 0.29) is 29.7 Å². The Morgan fingerprint density at radius 1 is 1.08 bits per heavy atom. The number of guanidine groups is 1. The Hall–Kier alpha value is -0.910. The fraction of sp³-hybridized carbons (Fsp3) is 0.588. The number of halogens is 1. The van der Waals surface area contributed by atoms with Crippen molar-refractivity contribution in [3.63, 3.8) is 0 Å². The Balaban J connectivity index is 0.00000338. The molecule has 1 heterocycles. The highest BCUT2D eigenvalue weighted by Crippen LogP contribution is 2.17. The van der Waals surface area contributed by atoms with Crippen LogP contribution in [0.25, 0.3) is 0 Å². The fourth-order valence-electron chi connectivity index (χ4n) is 2.80. The number of benzene rings is 1. The molecule has 1 fully saturated rings. The van der Waals surface area contributed by atoms with Crippen LogP contribution in [0.5, 0.6) is 0 Å².